The first-order chi connectivity index (χ1) is 11.0. The molecule has 0 saturated heterocycles. The lowest BCUT2D eigenvalue weighted by Crippen LogP contribution is -2.14. The van der Waals surface area contributed by atoms with Gasteiger partial charge in [0.15, 0.2) is 5.78 Å². The van der Waals surface area contributed by atoms with Crippen molar-refractivity contribution in [3.63, 3.8) is 0 Å². The van der Waals surface area contributed by atoms with Gasteiger partial charge in [0.05, 0.1) is 34.4 Å². The van der Waals surface area contributed by atoms with Gasteiger partial charge in [-0.05, 0) is 12.1 Å². The molecule has 0 atom stereocenters. The monoisotopic (exact) mass is 312 g/mol. The van der Waals surface area contributed by atoms with Crippen molar-refractivity contribution >= 4 is 39.2 Å². The van der Waals surface area contributed by atoms with Gasteiger partial charge < -0.3 is 15.4 Å². The molecule has 2 aromatic heterocycles. The minimum atomic E-state index is -0.232. The van der Waals surface area contributed by atoms with Gasteiger partial charge in [-0.3, -0.25) is 20.0 Å². The Labute approximate surface area is 131 Å². The average molecular weight is 312 g/mol. The number of aliphatic hydroxyl groups is 1. The third-order valence-corrected chi connectivity index (χ3v) is 3.72. The predicted molar refractivity (Wildman–Crippen MR) is 85.6 cm³/mol. The summed E-state index contributed by atoms with van der Waals surface area (Å²) in [6.45, 7) is 1.50. The number of rotatable bonds is 5. The lowest BCUT2D eigenvalue weighted by atomic mass is 10.1. The van der Waals surface area contributed by atoms with Crippen LogP contribution in [0.25, 0.3) is 21.8 Å². The highest BCUT2D eigenvalue weighted by atomic mass is 16.3. The van der Waals surface area contributed by atoms with Crippen LogP contribution < -0.4 is 10.7 Å². The molecule has 0 radical (unpaired) electrons. The molecule has 0 aliphatic rings. The molecule has 0 saturated carbocycles. The molecule has 0 aliphatic carbocycles. The number of nitrogens with one attached hydrogen (secondary N) is 3. The van der Waals surface area contributed by atoms with Crippen LogP contribution in [0.5, 0.6) is 0 Å². The molecule has 118 valence electrons. The van der Waals surface area contributed by atoms with E-state index in [1.165, 1.54) is 6.07 Å². The second kappa shape index (κ2) is 5.77. The van der Waals surface area contributed by atoms with Gasteiger partial charge in [0.25, 0.3) is 0 Å². The van der Waals surface area contributed by atoms with E-state index in [1.54, 1.807) is 19.2 Å². The van der Waals surface area contributed by atoms with Crippen molar-refractivity contribution in [2.24, 2.45) is 0 Å². The lowest BCUT2D eigenvalue weighted by Gasteiger charge is -2.10. The van der Waals surface area contributed by atoms with Crippen molar-refractivity contribution in [1.82, 2.24) is 9.97 Å². The summed E-state index contributed by atoms with van der Waals surface area (Å²) in [5.41, 5.74) is 1.87. The zero-order chi connectivity index (χ0) is 16.6. The SMILES string of the molecule is CCC(=O)Nc1cc(=N)c2ncc3cc(C(=O)CCO)[nH]c1c32. The topological polar surface area (TPSA) is 119 Å². The van der Waals surface area contributed by atoms with E-state index in [-0.39, 0.29) is 30.1 Å². The van der Waals surface area contributed by atoms with Crippen molar-refractivity contribution in [2.75, 3.05) is 11.9 Å². The van der Waals surface area contributed by atoms with Crippen molar-refractivity contribution in [2.45, 2.75) is 19.8 Å². The number of aromatic nitrogens is 2. The summed E-state index contributed by atoms with van der Waals surface area (Å²) in [5, 5.41) is 21.4. The van der Waals surface area contributed by atoms with Gasteiger partial charge in [-0.2, -0.15) is 0 Å². The van der Waals surface area contributed by atoms with E-state index in [2.05, 4.69) is 15.3 Å². The molecule has 3 rings (SSSR count). The summed E-state index contributed by atoms with van der Waals surface area (Å²) in [6, 6.07) is 3.18. The fourth-order valence-corrected chi connectivity index (χ4v) is 2.58. The second-order valence-corrected chi connectivity index (χ2v) is 5.27. The molecule has 0 fully saturated rings. The predicted octanol–water partition coefficient (Wildman–Crippen LogP) is 1.55. The van der Waals surface area contributed by atoms with Crippen LogP contribution in [0.4, 0.5) is 5.69 Å². The van der Waals surface area contributed by atoms with E-state index < -0.39 is 0 Å². The Morgan fingerprint density at radius 1 is 1.39 bits per heavy atom. The quantitative estimate of drug-likeness (QED) is 0.534. The Kier molecular flexibility index (Phi) is 3.79. The van der Waals surface area contributed by atoms with E-state index in [1.807, 2.05) is 0 Å². The second-order valence-electron chi connectivity index (χ2n) is 5.27. The Hall–Kier alpha value is -2.80. The summed E-state index contributed by atoms with van der Waals surface area (Å²) in [6.07, 6.45) is 1.92. The smallest absolute Gasteiger partial charge is 0.224 e. The van der Waals surface area contributed by atoms with Crippen molar-refractivity contribution in [1.29, 1.82) is 5.41 Å². The summed E-state index contributed by atoms with van der Waals surface area (Å²) >= 11 is 0. The third kappa shape index (κ3) is 2.55. The van der Waals surface area contributed by atoms with Crippen molar-refractivity contribution < 1.29 is 14.7 Å². The molecular formula is C16H16N4O3. The fraction of sp³-hybridized carbons (Fsp3) is 0.250. The first-order valence-corrected chi connectivity index (χ1v) is 7.31. The maximum atomic E-state index is 12.1. The highest BCUT2D eigenvalue weighted by Gasteiger charge is 2.16. The standard InChI is InChI=1S/C16H16N4O3/c1-2-13(23)19-11-6-9(17)15-14-8(7-18-15)5-10(20-16(11)14)12(22)3-4-21/h5-7,17,20-21H,2-4H2,1H3,(H,19,23). The zero-order valence-electron chi connectivity index (χ0n) is 12.6. The summed E-state index contributed by atoms with van der Waals surface area (Å²) in [4.78, 5) is 31.0. The van der Waals surface area contributed by atoms with Crippen LogP contribution >= 0.6 is 0 Å². The molecule has 0 aliphatic heterocycles. The lowest BCUT2D eigenvalue weighted by molar-refractivity contribution is -0.115. The van der Waals surface area contributed by atoms with E-state index in [9.17, 15) is 9.59 Å². The average Bonchev–Trinajstić information content (AvgIpc) is 2.97. The normalized spacial score (nSPS) is 11.2. The Balaban J connectivity index is 2.28. The number of aromatic amines is 1. The molecule has 0 spiro atoms. The number of ketones is 1. The number of pyridine rings is 1. The summed E-state index contributed by atoms with van der Waals surface area (Å²) < 4.78 is 0. The third-order valence-electron chi connectivity index (χ3n) is 3.72. The molecule has 1 amide bonds. The first kappa shape index (κ1) is 15.1. The van der Waals surface area contributed by atoms with Crippen molar-refractivity contribution in [3.05, 3.63) is 29.4 Å². The van der Waals surface area contributed by atoms with E-state index >= 15 is 0 Å². The maximum absolute atomic E-state index is 12.1. The number of amides is 1. The number of anilines is 1. The molecule has 2 heterocycles. The van der Waals surface area contributed by atoms with E-state index in [4.69, 9.17) is 10.5 Å². The minimum absolute atomic E-state index is 0.0125. The number of nitrogens with zero attached hydrogens (tertiary/aromatic N) is 1. The van der Waals surface area contributed by atoms with Gasteiger partial charge in [-0.1, -0.05) is 6.92 Å². The van der Waals surface area contributed by atoms with Crippen LogP contribution in [0.2, 0.25) is 0 Å². The molecule has 3 aromatic rings. The molecule has 0 unspecified atom stereocenters. The molecule has 7 heteroatoms. The molecule has 7 nitrogen and oxygen atoms in total. The number of aliphatic hydroxyl groups excluding tert-OH is 1. The largest absolute Gasteiger partial charge is 0.396 e. The number of Topliss-reactive ketones (excluding diaryl/α,β-unsaturated/α-hetero) is 1. The highest BCUT2D eigenvalue weighted by Crippen LogP contribution is 2.29. The van der Waals surface area contributed by atoms with Crippen LogP contribution in [-0.2, 0) is 4.79 Å². The molecule has 1 aromatic carbocycles. The van der Waals surface area contributed by atoms with E-state index in [0.717, 1.165) is 5.39 Å². The Morgan fingerprint density at radius 3 is 2.87 bits per heavy atom. The summed E-state index contributed by atoms with van der Waals surface area (Å²) in [5.74, 6) is -0.407. The molecule has 0 bridgehead atoms. The van der Waals surface area contributed by atoms with Crippen LogP contribution in [0.15, 0.2) is 18.3 Å². The number of hydrogen-bond donors (Lipinski definition) is 4. The van der Waals surface area contributed by atoms with Gasteiger partial charge >= 0.3 is 0 Å². The van der Waals surface area contributed by atoms with E-state index in [0.29, 0.717) is 34.2 Å². The van der Waals surface area contributed by atoms with Gasteiger partial charge in [-0.15, -0.1) is 0 Å². The summed E-state index contributed by atoms with van der Waals surface area (Å²) in [7, 11) is 0. The Morgan fingerprint density at radius 2 is 2.17 bits per heavy atom. The van der Waals surface area contributed by atoms with Crippen LogP contribution in [0.3, 0.4) is 0 Å². The zero-order valence-corrected chi connectivity index (χ0v) is 12.6. The molecule has 23 heavy (non-hydrogen) atoms. The number of carbonyl (C=O) groups excluding carboxylic acids is 2. The number of carbonyl (C=O) groups is 2. The highest BCUT2D eigenvalue weighted by molar-refractivity contribution is 6.15. The van der Waals surface area contributed by atoms with Gasteiger partial charge in [0.1, 0.15) is 0 Å². The minimum Gasteiger partial charge on any atom is -0.396 e. The maximum Gasteiger partial charge on any atom is 0.224 e. The number of hydrogen-bond acceptors (Lipinski definition) is 5. The van der Waals surface area contributed by atoms with Crippen molar-refractivity contribution in [3.8, 4) is 0 Å². The fourth-order valence-electron chi connectivity index (χ4n) is 2.58. The first-order valence-electron chi connectivity index (χ1n) is 7.31. The van der Waals surface area contributed by atoms with Crippen LogP contribution in [0.1, 0.15) is 30.3 Å². The number of benzene rings is 1. The Bertz CT molecular complexity index is 961. The van der Waals surface area contributed by atoms with Gasteiger partial charge in [-0.25, -0.2) is 0 Å². The number of H-pyrrole nitrogens is 1. The van der Waals surface area contributed by atoms with Crippen LogP contribution in [-0.4, -0.2) is 33.4 Å². The van der Waals surface area contributed by atoms with Gasteiger partial charge in [0.2, 0.25) is 5.91 Å². The molecular weight excluding hydrogens is 296 g/mol. The molecule has 4 N–H and O–H groups in total. The van der Waals surface area contributed by atoms with Crippen LogP contribution in [0, 0.1) is 5.41 Å². The van der Waals surface area contributed by atoms with Gasteiger partial charge in [0, 0.05) is 29.8 Å².